The van der Waals surface area contributed by atoms with Gasteiger partial charge in [-0.05, 0) is 44.1 Å². The van der Waals surface area contributed by atoms with Gasteiger partial charge in [0.25, 0.3) is 0 Å². The predicted molar refractivity (Wildman–Crippen MR) is 87.5 cm³/mol. The van der Waals surface area contributed by atoms with Crippen molar-refractivity contribution >= 4 is 15.9 Å². The molecular formula is C16H27BrN2. The van der Waals surface area contributed by atoms with Crippen LogP contribution >= 0.6 is 15.9 Å². The molecule has 0 radical (unpaired) electrons. The van der Waals surface area contributed by atoms with Gasteiger partial charge in [-0.15, -0.1) is 0 Å². The minimum absolute atomic E-state index is 0.414. The molecule has 108 valence electrons. The summed E-state index contributed by atoms with van der Waals surface area (Å²) < 4.78 is 1.20. The van der Waals surface area contributed by atoms with E-state index in [1.165, 1.54) is 16.6 Å². The number of hydrogen-bond acceptors (Lipinski definition) is 2. The van der Waals surface area contributed by atoms with Crippen LogP contribution in [0.4, 0.5) is 0 Å². The highest BCUT2D eigenvalue weighted by Crippen LogP contribution is 2.25. The molecule has 1 N–H and O–H groups in total. The molecule has 1 rings (SSSR count). The van der Waals surface area contributed by atoms with Crippen molar-refractivity contribution in [3.63, 3.8) is 0 Å². The number of halogens is 1. The average molecular weight is 327 g/mol. The van der Waals surface area contributed by atoms with Gasteiger partial charge in [0.05, 0.1) is 0 Å². The lowest BCUT2D eigenvalue weighted by atomic mass is 10.0. The molecule has 1 atom stereocenters. The van der Waals surface area contributed by atoms with Crippen molar-refractivity contribution in [1.29, 1.82) is 0 Å². The molecular weight excluding hydrogens is 300 g/mol. The van der Waals surface area contributed by atoms with Crippen LogP contribution in [0.2, 0.25) is 0 Å². The largest absolute Gasteiger partial charge is 0.313 e. The van der Waals surface area contributed by atoms with Crippen molar-refractivity contribution in [1.82, 2.24) is 10.2 Å². The first-order chi connectivity index (χ1) is 9.08. The highest BCUT2D eigenvalue weighted by molar-refractivity contribution is 9.10. The van der Waals surface area contributed by atoms with Gasteiger partial charge in [-0.3, -0.25) is 0 Å². The fourth-order valence-corrected chi connectivity index (χ4v) is 2.98. The molecule has 2 nitrogen and oxygen atoms in total. The molecule has 1 unspecified atom stereocenters. The molecule has 1 aromatic carbocycles. The number of hydrogen-bond donors (Lipinski definition) is 1. The van der Waals surface area contributed by atoms with Gasteiger partial charge in [0.1, 0.15) is 0 Å². The van der Waals surface area contributed by atoms with E-state index in [0.717, 1.165) is 25.4 Å². The fraction of sp³-hybridized carbons (Fsp3) is 0.625. The minimum atomic E-state index is 0.414. The Bertz CT molecular complexity index is 366. The molecule has 0 aliphatic rings. The van der Waals surface area contributed by atoms with Gasteiger partial charge in [-0.25, -0.2) is 0 Å². The van der Waals surface area contributed by atoms with Crippen molar-refractivity contribution in [3.8, 4) is 0 Å². The molecule has 0 bridgehead atoms. The van der Waals surface area contributed by atoms with Gasteiger partial charge in [0.15, 0.2) is 0 Å². The van der Waals surface area contributed by atoms with Crippen molar-refractivity contribution in [2.24, 2.45) is 5.92 Å². The predicted octanol–water partition coefficient (Wildman–Crippen LogP) is 4.08. The molecule has 3 heteroatoms. The lowest BCUT2D eigenvalue weighted by Crippen LogP contribution is -2.31. The van der Waals surface area contributed by atoms with E-state index in [4.69, 9.17) is 0 Å². The molecule has 0 aromatic heterocycles. The quantitative estimate of drug-likeness (QED) is 0.774. The monoisotopic (exact) mass is 326 g/mol. The summed E-state index contributed by atoms with van der Waals surface area (Å²) in [4.78, 5) is 2.53. The van der Waals surface area contributed by atoms with Crippen LogP contribution in [0.3, 0.4) is 0 Å². The summed E-state index contributed by atoms with van der Waals surface area (Å²) in [5.41, 5.74) is 1.35. The van der Waals surface area contributed by atoms with Crippen LogP contribution in [0.5, 0.6) is 0 Å². The number of benzene rings is 1. The summed E-state index contributed by atoms with van der Waals surface area (Å²) in [5.74, 6) is 0.733. The second-order valence-corrected chi connectivity index (χ2v) is 6.29. The van der Waals surface area contributed by atoms with Gasteiger partial charge in [-0.2, -0.15) is 0 Å². The first-order valence-electron chi connectivity index (χ1n) is 7.22. The summed E-state index contributed by atoms with van der Waals surface area (Å²) in [7, 11) is 2.04. The van der Waals surface area contributed by atoms with Gasteiger partial charge in [0.2, 0.25) is 0 Å². The van der Waals surface area contributed by atoms with E-state index in [1.807, 2.05) is 7.05 Å². The van der Waals surface area contributed by atoms with E-state index in [2.05, 4.69) is 71.2 Å². The molecule has 0 heterocycles. The Morgan fingerprint density at radius 3 is 2.47 bits per heavy atom. The Labute approximate surface area is 126 Å². The Balaban J connectivity index is 2.60. The van der Waals surface area contributed by atoms with Gasteiger partial charge in [0, 0.05) is 17.1 Å². The normalized spacial score (nSPS) is 13.2. The van der Waals surface area contributed by atoms with E-state index in [0.29, 0.717) is 6.04 Å². The van der Waals surface area contributed by atoms with Crippen LogP contribution in [0.15, 0.2) is 28.7 Å². The highest BCUT2D eigenvalue weighted by Gasteiger charge is 2.14. The molecule has 0 aliphatic heterocycles. The Morgan fingerprint density at radius 2 is 1.95 bits per heavy atom. The molecule has 0 spiro atoms. The van der Waals surface area contributed by atoms with Crippen LogP contribution in [0, 0.1) is 5.92 Å². The third-order valence-corrected chi connectivity index (χ3v) is 4.16. The topological polar surface area (TPSA) is 15.3 Å². The van der Waals surface area contributed by atoms with Crippen molar-refractivity contribution in [2.45, 2.75) is 33.2 Å². The zero-order chi connectivity index (χ0) is 14.3. The third kappa shape index (κ3) is 5.64. The van der Waals surface area contributed by atoms with Crippen LogP contribution < -0.4 is 5.32 Å². The third-order valence-electron chi connectivity index (χ3n) is 3.43. The lowest BCUT2D eigenvalue weighted by molar-refractivity contribution is 0.243. The van der Waals surface area contributed by atoms with Crippen molar-refractivity contribution in [3.05, 3.63) is 34.3 Å². The lowest BCUT2D eigenvalue weighted by Gasteiger charge is -2.26. The van der Waals surface area contributed by atoms with Crippen LogP contribution in [0.25, 0.3) is 0 Å². The number of nitrogens with zero attached hydrogens (tertiary/aromatic N) is 1. The van der Waals surface area contributed by atoms with E-state index >= 15 is 0 Å². The zero-order valence-corrected chi connectivity index (χ0v) is 14.2. The molecule has 0 saturated carbocycles. The SMILES string of the molecule is CCN(CCC(NC)c1ccccc1Br)CC(C)C. The summed E-state index contributed by atoms with van der Waals surface area (Å²) in [5, 5.41) is 3.44. The van der Waals surface area contributed by atoms with Gasteiger partial charge in [-0.1, -0.05) is 54.9 Å². The molecule has 19 heavy (non-hydrogen) atoms. The van der Waals surface area contributed by atoms with Crippen molar-refractivity contribution < 1.29 is 0 Å². The molecule has 0 fully saturated rings. The standard InChI is InChI=1S/C16H27BrN2/c1-5-19(12-13(2)3)11-10-16(18-4)14-8-6-7-9-15(14)17/h6-9,13,16,18H,5,10-12H2,1-4H3. The maximum absolute atomic E-state index is 3.65. The second-order valence-electron chi connectivity index (χ2n) is 5.44. The Morgan fingerprint density at radius 1 is 1.26 bits per heavy atom. The van der Waals surface area contributed by atoms with E-state index in [9.17, 15) is 0 Å². The van der Waals surface area contributed by atoms with E-state index < -0.39 is 0 Å². The van der Waals surface area contributed by atoms with Crippen LogP contribution in [-0.4, -0.2) is 31.6 Å². The molecule has 0 amide bonds. The average Bonchev–Trinajstić information content (AvgIpc) is 2.39. The summed E-state index contributed by atoms with van der Waals surface area (Å²) >= 11 is 3.65. The summed E-state index contributed by atoms with van der Waals surface area (Å²) in [6, 6.07) is 8.90. The second kappa shape index (κ2) is 8.72. The van der Waals surface area contributed by atoms with Gasteiger partial charge >= 0.3 is 0 Å². The smallest absolute Gasteiger partial charge is 0.0340 e. The van der Waals surface area contributed by atoms with E-state index in [1.54, 1.807) is 0 Å². The Hall–Kier alpha value is -0.380. The number of nitrogens with one attached hydrogen (secondary N) is 1. The van der Waals surface area contributed by atoms with E-state index in [-0.39, 0.29) is 0 Å². The van der Waals surface area contributed by atoms with Crippen molar-refractivity contribution in [2.75, 3.05) is 26.7 Å². The maximum atomic E-state index is 3.65. The highest BCUT2D eigenvalue weighted by atomic mass is 79.9. The number of rotatable bonds is 8. The molecule has 1 aromatic rings. The first-order valence-corrected chi connectivity index (χ1v) is 8.01. The van der Waals surface area contributed by atoms with Gasteiger partial charge < -0.3 is 10.2 Å². The summed E-state index contributed by atoms with van der Waals surface area (Å²) in [6.45, 7) is 10.3. The Kier molecular flexibility index (Phi) is 7.66. The van der Waals surface area contributed by atoms with Crippen LogP contribution in [0.1, 0.15) is 38.8 Å². The maximum Gasteiger partial charge on any atom is 0.0340 e. The molecule has 0 saturated heterocycles. The molecule has 0 aliphatic carbocycles. The minimum Gasteiger partial charge on any atom is -0.313 e. The zero-order valence-electron chi connectivity index (χ0n) is 12.6. The summed E-state index contributed by atoms with van der Waals surface area (Å²) in [6.07, 6.45) is 1.14. The first kappa shape index (κ1) is 16.7. The van der Waals surface area contributed by atoms with Crippen LogP contribution in [-0.2, 0) is 0 Å². The fourth-order valence-electron chi connectivity index (χ4n) is 2.42.